The lowest BCUT2D eigenvalue weighted by Gasteiger charge is -2.20. The fourth-order valence-electron chi connectivity index (χ4n) is 4.03. The number of hydrogen-bond acceptors (Lipinski definition) is 8. The smallest absolute Gasteiger partial charge is 0.291 e. The van der Waals surface area contributed by atoms with Crippen molar-refractivity contribution in [2.24, 2.45) is 4.36 Å². The number of furan rings is 1. The maximum absolute atomic E-state index is 14.0. The summed E-state index contributed by atoms with van der Waals surface area (Å²) in [5.41, 5.74) is 2.44. The number of aryl methyl sites for hydroxylation is 1. The van der Waals surface area contributed by atoms with Gasteiger partial charge in [-0.25, -0.2) is 4.21 Å². The second-order valence-electron chi connectivity index (χ2n) is 9.53. The number of rotatable bonds is 10. The van der Waals surface area contributed by atoms with E-state index in [0.29, 0.717) is 22.4 Å². The number of carbonyl (C=O) groups is 3. The van der Waals surface area contributed by atoms with E-state index in [0.717, 1.165) is 4.90 Å². The summed E-state index contributed by atoms with van der Waals surface area (Å²) in [6.07, 6.45) is 3.09. The summed E-state index contributed by atoms with van der Waals surface area (Å²) in [6.45, 7) is 1.04. The van der Waals surface area contributed by atoms with E-state index in [4.69, 9.17) is 9.52 Å². The standard InChI is InChI=1S/C30H30N4O7S/c1-20-11-12-41-28(20)30(39)32-24-8-6-7-21(14-24)22-13-23(16-31-15-22)29(38)33-42(40,26-9-4-3-5-10-26)19-27(37)34(2)17-25(36)18-35/h3-16,25,35-36H,17-19H2,1-2H3,(H,32,39)/t25?,42-/m0/s1. The number of aliphatic hydroxyl groups is 2. The van der Waals surface area contributed by atoms with Crippen LogP contribution < -0.4 is 5.32 Å². The molecular formula is C30H30N4O7S. The number of nitrogens with zero attached hydrogens (tertiary/aromatic N) is 3. The van der Waals surface area contributed by atoms with Crippen molar-refractivity contribution in [1.29, 1.82) is 0 Å². The molecule has 3 N–H and O–H groups in total. The van der Waals surface area contributed by atoms with Gasteiger partial charge in [0.15, 0.2) is 5.76 Å². The molecule has 3 amide bonds. The molecule has 4 aromatic rings. The predicted octanol–water partition coefficient (Wildman–Crippen LogP) is 3.38. The highest BCUT2D eigenvalue weighted by atomic mass is 32.2. The van der Waals surface area contributed by atoms with Gasteiger partial charge in [-0.15, -0.1) is 0 Å². The van der Waals surface area contributed by atoms with Crippen LogP contribution in [0.4, 0.5) is 5.69 Å². The highest BCUT2D eigenvalue weighted by Gasteiger charge is 2.24. The topological polar surface area (TPSA) is 162 Å². The minimum atomic E-state index is -3.57. The normalized spacial score (nSPS) is 13.0. The molecule has 1 unspecified atom stereocenters. The third-order valence-electron chi connectivity index (χ3n) is 6.29. The molecule has 0 bridgehead atoms. The van der Waals surface area contributed by atoms with Gasteiger partial charge in [0.05, 0.1) is 34.3 Å². The molecule has 0 aliphatic carbocycles. The first-order chi connectivity index (χ1) is 20.1. The van der Waals surface area contributed by atoms with Crippen LogP contribution in [0, 0.1) is 6.92 Å². The largest absolute Gasteiger partial charge is 0.459 e. The molecule has 0 radical (unpaired) electrons. The Morgan fingerprint density at radius 3 is 2.50 bits per heavy atom. The van der Waals surface area contributed by atoms with E-state index in [2.05, 4.69) is 14.7 Å². The number of pyridine rings is 1. The van der Waals surface area contributed by atoms with Crippen molar-refractivity contribution in [2.75, 3.05) is 31.3 Å². The van der Waals surface area contributed by atoms with Crippen molar-refractivity contribution in [3.8, 4) is 11.1 Å². The first-order valence-electron chi connectivity index (χ1n) is 12.9. The first-order valence-corrected chi connectivity index (χ1v) is 14.6. The van der Waals surface area contributed by atoms with Crippen LogP contribution in [0.2, 0.25) is 0 Å². The number of carbonyl (C=O) groups excluding carboxylic acids is 3. The van der Waals surface area contributed by atoms with E-state index >= 15 is 0 Å². The molecule has 4 rings (SSSR count). The van der Waals surface area contributed by atoms with Gasteiger partial charge < -0.3 is 24.8 Å². The van der Waals surface area contributed by atoms with Gasteiger partial charge in [-0.3, -0.25) is 19.4 Å². The second-order valence-corrected chi connectivity index (χ2v) is 11.8. The maximum atomic E-state index is 14.0. The highest BCUT2D eigenvalue weighted by molar-refractivity contribution is 7.94. The summed E-state index contributed by atoms with van der Waals surface area (Å²) in [7, 11) is -2.17. The Bertz CT molecular complexity index is 1710. The molecule has 12 heteroatoms. The molecule has 42 heavy (non-hydrogen) atoms. The number of anilines is 1. The van der Waals surface area contributed by atoms with Gasteiger partial charge in [-0.1, -0.05) is 30.3 Å². The van der Waals surface area contributed by atoms with Crippen molar-refractivity contribution in [2.45, 2.75) is 17.9 Å². The molecular weight excluding hydrogens is 560 g/mol. The fourth-order valence-corrected chi connectivity index (χ4v) is 5.87. The zero-order chi connectivity index (χ0) is 30.3. The van der Waals surface area contributed by atoms with Crippen LogP contribution in [0.5, 0.6) is 0 Å². The maximum Gasteiger partial charge on any atom is 0.291 e. The van der Waals surface area contributed by atoms with E-state index in [9.17, 15) is 23.7 Å². The summed E-state index contributed by atoms with van der Waals surface area (Å²) in [6, 6.07) is 18.2. The Labute approximate surface area is 243 Å². The summed E-state index contributed by atoms with van der Waals surface area (Å²) in [5.74, 6) is -2.27. The van der Waals surface area contributed by atoms with Gasteiger partial charge in [0.1, 0.15) is 5.75 Å². The zero-order valence-electron chi connectivity index (χ0n) is 23.0. The Morgan fingerprint density at radius 2 is 1.81 bits per heavy atom. The highest BCUT2D eigenvalue weighted by Crippen LogP contribution is 2.25. The molecule has 0 fully saturated rings. The predicted molar refractivity (Wildman–Crippen MR) is 156 cm³/mol. The molecule has 2 heterocycles. The van der Waals surface area contributed by atoms with Crippen molar-refractivity contribution in [3.63, 3.8) is 0 Å². The van der Waals surface area contributed by atoms with Crippen molar-refractivity contribution >= 4 is 33.1 Å². The number of amides is 3. The zero-order valence-corrected chi connectivity index (χ0v) is 23.8. The van der Waals surface area contributed by atoms with Gasteiger partial charge in [0.2, 0.25) is 5.91 Å². The number of hydrogen-bond donors (Lipinski definition) is 3. The number of nitrogens with one attached hydrogen (secondary N) is 1. The van der Waals surface area contributed by atoms with Crippen molar-refractivity contribution < 1.29 is 33.2 Å². The minimum absolute atomic E-state index is 0.0494. The third kappa shape index (κ3) is 7.35. The molecule has 0 saturated heterocycles. The van der Waals surface area contributed by atoms with E-state index in [-0.39, 0.29) is 22.8 Å². The average molecular weight is 591 g/mol. The molecule has 2 aromatic heterocycles. The van der Waals surface area contributed by atoms with E-state index < -0.39 is 45.9 Å². The molecule has 0 spiro atoms. The third-order valence-corrected chi connectivity index (χ3v) is 8.40. The van der Waals surface area contributed by atoms with Gasteiger partial charge in [0, 0.05) is 47.7 Å². The molecule has 218 valence electrons. The Morgan fingerprint density at radius 1 is 1.05 bits per heavy atom. The lowest BCUT2D eigenvalue weighted by molar-refractivity contribution is -0.128. The number of aromatic nitrogens is 1. The first kappa shape index (κ1) is 30.3. The van der Waals surface area contributed by atoms with Crippen LogP contribution in [0.15, 0.2) is 99.1 Å². The van der Waals surface area contributed by atoms with E-state index in [1.54, 1.807) is 55.5 Å². The fraction of sp³-hybridized carbons (Fsp3) is 0.200. The average Bonchev–Trinajstić information content (AvgIpc) is 3.43. The van der Waals surface area contributed by atoms with Crippen LogP contribution in [-0.2, 0) is 14.5 Å². The SMILES string of the molecule is Cc1ccoc1C(=O)Nc1cccc(-c2cncc(C(=O)N=[S@](=O)(CC(=O)N(C)CC(O)CO)c3ccccc3)c2)c1. The van der Waals surface area contributed by atoms with E-state index in [1.165, 1.54) is 43.9 Å². The summed E-state index contributed by atoms with van der Waals surface area (Å²) >= 11 is 0. The van der Waals surface area contributed by atoms with Gasteiger partial charge in [-0.05, 0) is 48.9 Å². The second kappa shape index (κ2) is 13.3. The van der Waals surface area contributed by atoms with Crippen molar-refractivity contribution in [3.05, 3.63) is 102 Å². The quantitative estimate of drug-likeness (QED) is 0.253. The van der Waals surface area contributed by atoms with Crippen LogP contribution in [-0.4, -0.2) is 74.1 Å². The molecule has 2 aromatic carbocycles. The summed E-state index contributed by atoms with van der Waals surface area (Å²) in [5, 5.41) is 21.6. The van der Waals surface area contributed by atoms with Crippen LogP contribution in [0.1, 0.15) is 26.5 Å². The minimum Gasteiger partial charge on any atom is -0.459 e. The monoisotopic (exact) mass is 590 g/mol. The molecule has 0 aliphatic heterocycles. The lowest BCUT2D eigenvalue weighted by Crippen LogP contribution is -2.39. The number of benzene rings is 2. The Balaban J connectivity index is 1.62. The van der Waals surface area contributed by atoms with E-state index in [1.807, 2.05) is 0 Å². The molecule has 2 atom stereocenters. The molecule has 11 nitrogen and oxygen atoms in total. The lowest BCUT2D eigenvalue weighted by atomic mass is 10.1. The van der Waals surface area contributed by atoms with Crippen molar-refractivity contribution in [1.82, 2.24) is 9.88 Å². The van der Waals surface area contributed by atoms with Crippen LogP contribution in [0.3, 0.4) is 0 Å². The number of aliphatic hydroxyl groups excluding tert-OH is 2. The summed E-state index contributed by atoms with van der Waals surface area (Å²) < 4.78 is 23.3. The van der Waals surface area contributed by atoms with Crippen LogP contribution >= 0.6 is 0 Å². The Kier molecular flexibility index (Phi) is 9.63. The van der Waals surface area contributed by atoms with Gasteiger partial charge >= 0.3 is 0 Å². The van der Waals surface area contributed by atoms with Gasteiger partial charge in [0.25, 0.3) is 11.8 Å². The Hall–Kier alpha value is -4.65. The van der Waals surface area contributed by atoms with Crippen LogP contribution in [0.25, 0.3) is 11.1 Å². The number of likely N-dealkylation sites (N-methyl/N-ethyl adjacent to an activating group) is 1. The summed E-state index contributed by atoms with van der Waals surface area (Å²) in [4.78, 5) is 44.2. The van der Waals surface area contributed by atoms with Gasteiger partial charge in [-0.2, -0.15) is 4.36 Å². The molecule has 0 aliphatic rings. The molecule has 0 saturated carbocycles.